The highest BCUT2D eigenvalue weighted by Gasteiger charge is 2.33. The number of aliphatic carboxylic acids is 1. The first kappa shape index (κ1) is 20.6. The van der Waals surface area contributed by atoms with Crippen LogP contribution in [0.5, 0.6) is 0 Å². The fourth-order valence-electron chi connectivity index (χ4n) is 3.59. The summed E-state index contributed by atoms with van der Waals surface area (Å²) in [6.45, 7) is 5.93. The summed E-state index contributed by atoms with van der Waals surface area (Å²) in [7, 11) is 0. The van der Waals surface area contributed by atoms with E-state index < -0.39 is 17.8 Å². The van der Waals surface area contributed by atoms with Crippen LogP contribution in [-0.4, -0.2) is 31.7 Å². The molecule has 3 aromatic rings. The summed E-state index contributed by atoms with van der Waals surface area (Å²) in [4.78, 5) is 11.9. The molecule has 2 N–H and O–H groups in total. The molecule has 0 saturated heterocycles. The van der Waals surface area contributed by atoms with Crippen LogP contribution in [0.3, 0.4) is 0 Å². The van der Waals surface area contributed by atoms with Gasteiger partial charge in [0.2, 0.25) is 0 Å². The molecule has 0 saturated carbocycles. The molecule has 1 aromatic heterocycles. The second-order valence-corrected chi connectivity index (χ2v) is 7.84. The SMILES string of the molecule is Cc1ccc(-c2ccc(C[C@H](c3nn[nH]n3)[C@H](CC(C)C)C(=O)O)cc2F)cc1. The van der Waals surface area contributed by atoms with E-state index in [1.807, 2.05) is 51.1 Å². The van der Waals surface area contributed by atoms with Crippen molar-refractivity contribution in [2.45, 2.75) is 39.5 Å². The topological polar surface area (TPSA) is 91.8 Å². The second-order valence-electron chi connectivity index (χ2n) is 7.84. The van der Waals surface area contributed by atoms with E-state index >= 15 is 0 Å². The largest absolute Gasteiger partial charge is 0.481 e. The summed E-state index contributed by atoms with van der Waals surface area (Å²) in [6, 6.07) is 12.7. The number of benzene rings is 2. The molecule has 0 aliphatic heterocycles. The number of aryl methyl sites for hydroxylation is 1. The average molecular weight is 396 g/mol. The maximum absolute atomic E-state index is 14.8. The van der Waals surface area contributed by atoms with Crippen molar-refractivity contribution in [1.29, 1.82) is 0 Å². The molecule has 7 heteroatoms. The molecule has 0 aliphatic rings. The van der Waals surface area contributed by atoms with Gasteiger partial charge in [0.15, 0.2) is 5.82 Å². The molecule has 29 heavy (non-hydrogen) atoms. The van der Waals surface area contributed by atoms with Crippen LogP contribution >= 0.6 is 0 Å². The number of nitrogens with zero attached hydrogens (tertiary/aromatic N) is 3. The first-order chi connectivity index (χ1) is 13.8. The Morgan fingerprint density at radius 1 is 1.17 bits per heavy atom. The number of carbonyl (C=O) groups is 1. The highest BCUT2D eigenvalue weighted by molar-refractivity contribution is 5.71. The summed E-state index contributed by atoms with van der Waals surface area (Å²) >= 11 is 0. The van der Waals surface area contributed by atoms with Crippen LogP contribution < -0.4 is 0 Å². The number of carboxylic acid groups (broad SMARTS) is 1. The summed E-state index contributed by atoms with van der Waals surface area (Å²) in [5.41, 5.74) is 3.13. The van der Waals surface area contributed by atoms with E-state index in [-0.39, 0.29) is 11.7 Å². The molecule has 0 spiro atoms. The number of carboxylic acids is 1. The van der Waals surface area contributed by atoms with Gasteiger partial charge in [0.05, 0.1) is 5.92 Å². The van der Waals surface area contributed by atoms with Crippen LogP contribution in [0.25, 0.3) is 11.1 Å². The molecule has 2 atom stereocenters. The highest BCUT2D eigenvalue weighted by Crippen LogP contribution is 2.32. The van der Waals surface area contributed by atoms with Gasteiger partial charge in [0.25, 0.3) is 0 Å². The molecule has 0 unspecified atom stereocenters. The number of halogens is 1. The third-order valence-electron chi connectivity index (χ3n) is 5.07. The summed E-state index contributed by atoms with van der Waals surface area (Å²) in [6.07, 6.45) is 0.785. The molecule has 3 rings (SSSR count). The van der Waals surface area contributed by atoms with E-state index in [1.54, 1.807) is 6.07 Å². The van der Waals surface area contributed by atoms with Gasteiger partial charge in [-0.15, -0.1) is 10.2 Å². The van der Waals surface area contributed by atoms with Gasteiger partial charge in [0, 0.05) is 11.5 Å². The van der Waals surface area contributed by atoms with Gasteiger partial charge in [-0.3, -0.25) is 4.79 Å². The highest BCUT2D eigenvalue weighted by atomic mass is 19.1. The molecular formula is C22H25FN4O2. The quantitative estimate of drug-likeness (QED) is 0.589. The number of H-pyrrole nitrogens is 1. The number of hydrogen-bond acceptors (Lipinski definition) is 4. The number of rotatable bonds is 8. The lowest BCUT2D eigenvalue weighted by atomic mass is 9.81. The van der Waals surface area contributed by atoms with Gasteiger partial charge in [-0.25, -0.2) is 4.39 Å². The Morgan fingerprint density at radius 2 is 1.90 bits per heavy atom. The van der Waals surface area contributed by atoms with Crippen LogP contribution in [0.15, 0.2) is 42.5 Å². The smallest absolute Gasteiger partial charge is 0.307 e. The van der Waals surface area contributed by atoms with E-state index in [0.717, 1.165) is 11.1 Å². The molecule has 0 radical (unpaired) electrons. The van der Waals surface area contributed by atoms with Crippen molar-refractivity contribution >= 4 is 5.97 Å². The van der Waals surface area contributed by atoms with Crippen molar-refractivity contribution in [2.24, 2.45) is 11.8 Å². The number of tetrazole rings is 1. The predicted octanol–water partition coefficient (Wildman–Crippen LogP) is 4.39. The standard InChI is InChI=1S/C22H25FN4O2/c1-13(2)10-19(22(28)29)18(21-24-26-27-25-21)11-15-6-9-17(20(23)12-15)16-7-4-14(3)5-8-16/h4-9,12-13,18-19H,10-11H2,1-3H3,(H,28,29)(H,24,25,26,27)/t18-,19-/m0/s1. The fraction of sp³-hybridized carbons (Fsp3) is 0.364. The number of aromatic nitrogens is 4. The van der Waals surface area contributed by atoms with Crippen LogP contribution in [0.2, 0.25) is 0 Å². The number of aromatic amines is 1. The second kappa shape index (κ2) is 8.94. The Morgan fingerprint density at radius 3 is 2.45 bits per heavy atom. The Balaban J connectivity index is 1.90. The lowest BCUT2D eigenvalue weighted by Crippen LogP contribution is -2.26. The van der Waals surface area contributed by atoms with Crippen molar-refractivity contribution in [3.05, 3.63) is 65.2 Å². The molecule has 0 bridgehead atoms. The molecule has 6 nitrogen and oxygen atoms in total. The number of nitrogens with one attached hydrogen (secondary N) is 1. The first-order valence-corrected chi connectivity index (χ1v) is 9.66. The lowest BCUT2D eigenvalue weighted by molar-refractivity contribution is -0.143. The normalized spacial score (nSPS) is 13.4. The van der Waals surface area contributed by atoms with Crippen LogP contribution in [-0.2, 0) is 11.2 Å². The minimum atomic E-state index is -0.912. The van der Waals surface area contributed by atoms with Gasteiger partial charge in [-0.1, -0.05) is 61.0 Å². The van der Waals surface area contributed by atoms with Crippen molar-refractivity contribution in [3.63, 3.8) is 0 Å². The third-order valence-corrected chi connectivity index (χ3v) is 5.07. The number of hydrogen-bond donors (Lipinski definition) is 2. The van der Waals surface area contributed by atoms with E-state index in [1.165, 1.54) is 6.07 Å². The summed E-state index contributed by atoms with van der Waals surface area (Å²) < 4.78 is 14.8. The zero-order valence-electron chi connectivity index (χ0n) is 16.8. The Labute approximate surface area is 169 Å². The van der Waals surface area contributed by atoms with E-state index in [4.69, 9.17) is 0 Å². The van der Waals surface area contributed by atoms with Gasteiger partial charge in [-0.2, -0.15) is 5.21 Å². The van der Waals surface area contributed by atoms with Gasteiger partial charge >= 0.3 is 5.97 Å². The Bertz CT molecular complexity index is 955. The molecule has 0 amide bonds. The Hall–Kier alpha value is -3.09. The maximum atomic E-state index is 14.8. The summed E-state index contributed by atoms with van der Waals surface area (Å²) in [5.74, 6) is -1.92. The molecule has 1 heterocycles. The molecule has 152 valence electrons. The Kier molecular flexibility index (Phi) is 6.36. The van der Waals surface area contributed by atoms with Crippen molar-refractivity contribution < 1.29 is 14.3 Å². The first-order valence-electron chi connectivity index (χ1n) is 9.66. The minimum Gasteiger partial charge on any atom is -0.481 e. The monoisotopic (exact) mass is 396 g/mol. The fourth-order valence-corrected chi connectivity index (χ4v) is 3.59. The third kappa shape index (κ3) is 5.04. The summed E-state index contributed by atoms with van der Waals surface area (Å²) in [5, 5.41) is 23.8. The molecular weight excluding hydrogens is 371 g/mol. The maximum Gasteiger partial charge on any atom is 0.307 e. The van der Waals surface area contributed by atoms with Crippen LogP contribution in [0, 0.1) is 24.6 Å². The zero-order chi connectivity index (χ0) is 21.0. The molecule has 0 aliphatic carbocycles. The van der Waals surface area contributed by atoms with Crippen molar-refractivity contribution in [1.82, 2.24) is 20.6 Å². The predicted molar refractivity (Wildman–Crippen MR) is 108 cm³/mol. The van der Waals surface area contributed by atoms with E-state index in [9.17, 15) is 14.3 Å². The van der Waals surface area contributed by atoms with Crippen molar-refractivity contribution in [2.75, 3.05) is 0 Å². The van der Waals surface area contributed by atoms with Crippen LogP contribution in [0.4, 0.5) is 4.39 Å². The van der Waals surface area contributed by atoms with E-state index in [2.05, 4.69) is 20.6 Å². The van der Waals surface area contributed by atoms with Gasteiger partial charge in [-0.05, 0) is 42.9 Å². The van der Waals surface area contributed by atoms with Gasteiger partial charge in [0.1, 0.15) is 5.82 Å². The average Bonchev–Trinajstić information content (AvgIpc) is 3.20. The van der Waals surface area contributed by atoms with Crippen molar-refractivity contribution in [3.8, 4) is 11.1 Å². The van der Waals surface area contributed by atoms with E-state index in [0.29, 0.717) is 29.8 Å². The minimum absolute atomic E-state index is 0.186. The molecule has 0 fully saturated rings. The zero-order valence-corrected chi connectivity index (χ0v) is 16.8. The molecule has 2 aromatic carbocycles. The van der Waals surface area contributed by atoms with Crippen LogP contribution in [0.1, 0.15) is 43.1 Å². The lowest BCUT2D eigenvalue weighted by Gasteiger charge is -2.23. The van der Waals surface area contributed by atoms with Gasteiger partial charge < -0.3 is 5.11 Å².